The molecule has 62 valence electrons. The van der Waals surface area contributed by atoms with Gasteiger partial charge in [0.15, 0.2) is 10.8 Å². The summed E-state index contributed by atoms with van der Waals surface area (Å²) in [6.45, 7) is 3.86. The Kier molecular flexibility index (Phi) is 1.51. The second-order valence-electron chi connectivity index (χ2n) is 2.60. The molecule has 0 unspecified atom stereocenters. The van der Waals surface area contributed by atoms with Crippen molar-refractivity contribution in [3.8, 4) is 0 Å². The van der Waals surface area contributed by atoms with E-state index in [0.717, 1.165) is 11.4 Å². The van der Waals surface area contributed by atoms with Crippen molar-refractivity contribution in [2.45, 2.75) is 13.8 Å². The molecule has 0 radical (unpaired) electrons. The van der Waals surface area contributed by atoms with Crippen molar-refractivity contribution in [2.24, 2.45) is 0 Å². The average Bonchev–Trinajstić information content (AvgIpc) is 2.48. The lowest BCUT2D eigenvalue weighted by atomic mass is 10.3. The molecule has 4 nitrogen and oxygen atoms in total. The van der Waals surface area contributed by atoms with E-state index in [2.05, 4.69) is 15.2 Å². The lowest BCUT2D eigenvalue weighted by Crippen LogP contribution is -1.97. The van der Waals surface area contributed by atoms with Crippen LogP contribution in [0.15, 0.2) is 6.33 Å². The van der Waals surface area contributed by atoms with Gasteiger partial charge in [0.05, 0.1) is 5.69 Å². The SMILES string of the molecule is Cc1nc(Cl)c2nncn2c1C. The van der Waals surface area contributed by atoms with Crippen molar-refractivity contribution in [3.05, 3.63) is 22.9 Å². The summed E-state index contributed by atoms with van der Waals surface area (Å²) in [7, 11) is 0. The van der Waals surface area contributed by atoms with Crippen LogP contribution in [0.1, 0.15) is 11.4 Å². The molecule has 0 spiro atoms. The van der Waals surface area contributed by atoms with E-state index in [9.17, 15) is 0 Å². The maximum Gasteiger partial charge on any atom is 0.198 e. The first-order valence-electron chi connectivity index (χ1n) is 3.52. The molecule has 2 rings (SSSR count). The zero-order chi connectivity index (χ0) is 8.72. The lowest BCUT2D eigenvalue weighted by molar-refractivity contribution is 0.994. The van der Waals surface area contributed by atoms with Gasteiger partial charge in [-0.2, -0.15) is 0 Å². The van der Waals surface area contributed by atoms with E-state index in [4.69, 9.17) is 11.6 Å². The van der Waals surface area contributed by atoms with Crippen LogP contribution in [0, 0.1) is 13.8 Å². The van der Waals surface area contributed by atoms with Crippen LogP contribution < -0.4 is 0 Å². The first kappa shape index (κ1) is 7.49. The molecule has 12 heavy (non-hydrogen) atoms. The molecule has 0 saturated carbocycles. The third-order valence-corrected chi connectivity index (χ3v) is 2.14. The molecule has 0 N–H and O–H groups in total. The highest BCUT2D eigenvalue weighted by Crippen LogP contribution is 2.15. The molecule has 0 amide bonds. The number of hydrogen-bond donors (Lipinski definition) is 0. The molecule has 0 fully saturated rings. The van der Waals surface area contributed by atoms with Gasteiger partial charge in [0.1, 0.15) is 6.33 Å². The van der Waals surface area contributed by atoms with Gasteiger partial charge in [-0.1, -0.05) is 11.6 Å². The first-order chi connectivity index (χ1) is 5.70. The summed E-state index contributed by atoms with van der Waals surface area (Å²) in [5.74, 6) is 0. The normalized spacial score (nSPS) is 10.9. The minimum absolute atomic E-state index is 0.399. The highest BCUT2D eigenvalue weighted by Gasteiger charge is 2.07. The van der Waals surface area contributed by atoms with Crippen molar-refractivity contribution >= 4 is 17.2 Å². The molecular formula is C7H7ClN4. The number of fused-ring (bicyclic) bond motifs is 1. The second-order valence-corrected chi connectivity index (χ2v) is 2.96. The molecule has 0 atom stereocenters. The Morgan fingerprint density at radius 1 is 1.42 bits per heavy atom. The molecule has 0 aliphatic rings. The van der Waals surface area contributed by atoms with E-state index in [1.165, 1.54) is 0 Å². The van der Waals surface area contributed by atoms with Crippen LogP contribution in [-0.4, -0.2) is 19.6 Å². The summed E-state index contributed by atoms with van der Waals surface area (Å²) in [5.41, 5.74) is 2.52. The number of aryl methyl sites for hydroxylation is 2. The van der Waals surface area contributed by atoms with Crippen LogP contribution in [0.2, 0.25) is 5.15 Å². The van der Waals surface area contributed by atoms with Gasteiger partial charge in [-0.25, -0.2) is 4.98 Å². The molecule has 2 aromatic rings. The summed E-state index contributed by atoms with van der Waals surface area (Å²) in [5, 5.41) is 7.99. The third kappa shape index (κ3) is 0.881. The topological polar surface area (TPSA) is 43.1 Å². The fraction of sp³-hybridized carbons (Fsp3) is 0.286. The Labute approximate surface area is 74.2 Å². The van der Waals surface area contributed by atoms with Gasteiger partial charge < -0.3 is 0 Å². The Morgan fingerprint density at radius 2 is 2.17 bits per heavy atom. The minimum atomic E-state index is 0.399. The van der Waals surface area contributed by atoms with Gasteiger partial charge in [0.2, 0.25) is 0 Å². The lowest BCUT2D eigenvalue weighted by Gasteiger charge is -2.02. The predicted molar refractivity (Wildman–Crippen MR) is 45.3 cm³/mol. The van der Waals surface area contributed by atoms with Crippen LogP contribution in [0.25, 0.3) is 5.65 Å². The summed E-state index contributed by atoms with van der Waals surface area (Å²) < 4.78 is 1.82. The molecule has 0 aromatic carbocycles. The Balaban J connectivity index is 2.97. The molecule has 0 bridgehead atoms. The largest absolute Gasteiger partial charge is 0.282 e. The quantitative estimate of drug-likeness (QED) is 0.619. The van der Waals surface area contributed by atoms with Crippen molar-refractivity contribution in [3.63, 3.8) is 0 Å². The van der Waals surface area contributed by atoms with Crippen molar-refractivity contribution in [1.82, 2.24) is 19.6 Å². The van der Waals surface area contributed by atoms with Crippen LogP contribution in [0.5, 0.6) is 0 Å². The van der Waals surface area contributed by atoms with E-state index in [1.807, 2.05) is 18.2 Å². The highest BCUT2D eigenvalue weighted by atomic mass is 35.5. The summed E-state index contributed by atoms with van der Waals surface area (Å²) >= 11 is 5.84. The van der Waals surface area contributed by atoms with Crippen molar-refractivity contribution < 1.29 is 0 Å². The monoisotopic (exact) mass is 182 g/mol. The van der Waals surface area contributed by atoms with Gasteiger partial charge >= 0.3 is 0 Å². The van der Waals surface area contributed by atoms with Crippen molar-refractivity contribution in [1.29, 1.82) is 0 Å². The zero-order valence-corrected chi connectivity index (χ0v) is 7.50. The zero-order valence-electron chi connectivity index (χ0n) is 6.74. The second kappa shape index (κ2) is 2.42. The van der Waals surface area contributed by atoms with Crippen LogP contribution in [0.4, 0.5) is 0 Å². The van der Waals surface area contributed by atoms with Crippen LogP contribution >= 0.6 is 11.6 Å². The number of aromatic nitrogens is 4. The van der Waals surface area contributed by atoms with E-state index in [1.54, 1.807) is 6.33 Å². The minimum Gasteiger partial charge on any atom is -0.282 e. The molecule has 2 aromatic heterocycles. The number of halogens is 1. The van der Waals surface area contributed by atoms with E-state index < -0.39 is 0 Å². The molecular weight excluding hydrogens is 176 g/mol. The smallest absolute Gasteiger partial charge is 0.198 e. The Hall–Kier alpha value is -1.16. The first-order valence-corrected chi connectivity index (χ1v) is 3.90. The maximum absolute atomic E-state index is 5.84. The predicted octanol–water partition coefficient (Wildman–Crippen LogP) is 1.39. The number of nitrogens with zero attached hydrogens (tertiary/aromatic N) is 4. The standard InChI is InChI=1S/C7H7ClN4/c1-4-5(2)12-3-9-11-7(12)6(8)10-4/h3H,1-2H3. The summed E-state index contributed by atoms with van der Waals surface area (Å²) in [4.78, 5) is 4.12. The van der Waals surface area contributed by atoms with Gasteiger partial charge in [-0.3, -0.25) is 4.40 Å². The molecule has 0 aliphatic heterocycles. The maximum atomic E-state index is 5.84. The summed E-state index contributed by atoms with van der Waals surface area (Å²) in [6, 6.07) is 0. The highest BCUT2D eigenvalue weighted by molar-refractivity contribution is 6.32. The Morgan fingerprint density at radius 3 is 2.92 bits per heavy atom. The number of hydrogen-bond acceptors (Lipinski definition) is 3. The van der Waals surface area contributed by atoms with E-state index in [0.29, 0.717) is 10.8 Å². The van der Waals surface area contributed by atoms with E-state index >= 15 is 0 Å². The Bertz CT molecular complexity index is 434. The molecule has 0 saturated heterocycles. The fourth-order valence-corrected chi connectivity index (χ4v) is 1.33. The van der Waals surface area contributed by atoms with Crippen LogP contribution in [-0.2, 0) is 0 Å². The average molecular weight is 183 g/mol. The summed E-state index contributed by atoms with van der Waals surface area (Å²) in [6.07, 6.45) is 1.63. The van der Waals surface area contributed by atoms with Gasteiger partial charge in [0.25, 0.3) is 0 Å². The fourth-order valence-electron chi connectivity index (χ4n) is 1.07. The molecule has 2 heterocycles. The number of rotatable bonds is 0. The van der Waals surface area contributed by atoms with Gasteiger partial charge in [-0.05, 0) is 13.8 Å². The van der Waals surface area contributed by atoms with Gasteiger partial charge in [-0.15, -0.1) is 10.2 Å². The van der Waals surface area contributed by atoms with Crippen LogP contribution in [0.3, 0.4) is 0 Å². The van der Waals surface area contributed by atoms with E-state index in [-0.39, 0.29) is 0 Å². The van der Waals surface area contributed by atoms with Crippen molar-refractivity contribution in [2.75, 3.05) is 0 Å². The molecule has 5 heteroatoms. The third-order valence-electron chi connectivity index (χ3n) is 1.88. The van der Waals surface area contributed by atoms with Gasteiger partial charge in [0, 0.05) is 5.69 Å². The molecule has 0 aliphatic carbocycles.